The number of aliphatic hydroxyl groups excluding tert-OH is 1. The van der Waals surface area contributed by atoms with Gasteiger partial charge in [-0.1, -0.05) is 0 Å². The summed E-state index contributed by atoms with van der Waals surface area (Å²) in [5, 5.41) is 8.76. The van der Waals surface area contributed by atoms with E-state index in [-0.39, 0.29) is 18.5 Å². The molecular weight excluding hydrogens is 261 g/mol. The average Bonchev–Trinajstić information content (AvgIpc) is 2.88. The van der Waals surface area contributed by atoms with Gasteiger partial charge in [-0.3, -0.25) is 4.40 Å². The number of aliphatic hydroxyl groups is 1. The molecule has 20 heavy (non-hydrogen) atoms. The van der Waals surface area contributed by atoms with Crippen LogP contribution >= 0.6 is 0 Å². The number of ether oxygens (including phenoxy) is 1. The summed E-state index contributed by atoms with van der Waals surface area (Å²) in [6, 6.07) is 3.09. The van der Waals surface area contributed by atoms with Gasteiger partial charge in [-0.05, 0) is 25.0 Å². The fourth-order valence-electron chi connectivity index (χ4n) is 2.65. The first-order valence-electron chi connectivity index (χ1n) is 6.88. The summed E-state index contributed by atoms with van der Waals surface area (Å²) in [6.45, 7) is 2.15. The van der Waals surface area contributed by atoms with E-state index in [9.17, 15) is 4.39 Å². The average molecular weight is 279 g/mol. The standard InChI is InChI=1S/C14H18FN3O2/c15-11-1-2-13-16-9-14(18(13)10-11)17-5-3-12(4-6-17)20-8-7-19/h1-2,9-10,12,19H,3-8H2. The molecule has 0 amide bonds. The number of hydrogen-bond acceptors (Lipinski definition) is 4. The Bertz CT molecular complexity index is 579. The molecule has 2 aromatic rings. The number of halogens is 1. The molecule has 1 aliphatic rings. The van der Waals surface area contributed by atoms with Gasteiger partial charge in [0.25, 0.3) is 0 Å². The molecule has 1 fully saturated rings. The fourth-order valence-corrected chi connectivity index (χ4v) is 2.65. The summed E-state index contributed by atoms with van der Waals surface area (Å²) in [4.78, 5) is 6.49. The van der Waals surface area contributed by atoms with Crippen molar-refractivity contribution in [3.8, 4) is 0 Å². The Hall–Kier alpha value is -1.66. The van der Waals surface area contributed by atoms with Gasteiger partial charge in [0.15, 0.2) is 0 Å². The van der Waals surface area contributed by atoms with Crippen LogP contribution in [0.3, 0.4) is 0 Å². The second kappa shape index (κ2) is 5.76. The molecular formula is C14H18FN3O2. The largest absolute Gasteiger partial charge is 0.394 e. The molecule has 1 aliphatic heterocycles. The van der Waals surface area contributed by atoms with Gasteiger partial charge in [0, 0.05) is 19.3 Å². The zero-order chi connectivity index (χ0) is 13.9. The lowest BCUT2D eigenvalue weighted by Gasteiger charge is -2.32. The van der Waals surface area contributed by atoms with Crippen molar-refractivity contribution < 1.29 is 14.2 Å². The van der Waals surface area contributed by atoms with Crippen molar-refractivity contribution in [2.45, 2.75) is 18.9 Å². The van der Waals surface area contributed by atoms with Crippen LogP contribution in [0.15, 0.2) is 24.5 Å². The Kier molecular flexibility index (Phi) is 3.84. The molecule has 0 bridgehead atoms. The molecule has 0 unspecified atom stereocenters. The van der Waals surface area contributed by atoms with Crippen LogP contribution in [0.2, 0.25) is 0 Å². The van der Waals surface area contributed by atoms with Crippen LogP contribution in [-0.2, 0) is 4.74 Å². The summed E-state index contributed by atoms with van der Waals surface area (Å²) in [5.74, 6) is 0.651. The number of anilines is 1. The maximum absolute atomic E-state index is 13.4. The van der Waals surface area contributed by atoms with Crippen LogP contribution in [0.5, 0.6) is 0 Å². The van der Waals surface area contributed by atoms with Crippen molar-refractivity contribution in [3.63, 3.8) is 0 Å². The summed E-state index contributed by atoms with van der Waals surface area (Å²) < 4.78 is 20.7. The molecule has 0 spiro atoms. The highest BCUT2D eigenvalue weighted by atomic mass is 19.1. The molecule has 108 valence electrons. The molecule has 0 saturated carbocycles. The van der Waals surface area contributed by atoms with E-state index in [4.69, 9.17) is 9.84 Å². The highest BCUT2D eigenvalue weighted by Crippen LogP contribution is 2.22. The predicted octanol–water partition coefficient (Wildman–Crippen LogP) is 1.45. The molecule has 5 nitrogen and oxygen atoms in total. The molecule has 3 rings (SSSR count). The second-order valence-electron chi connectivity index (χ2n) is 4.97. The topological polar surface area (TPSA) is 50.0 Å². The molecule has 2 aromatic heterocycles. The van der Waals surface area contributed by atoms with Gasteiger partial charge in [0.05, 0.1) is 25.5 Å². The summed E-state index contributed by atoms with van der Waals surface area (Å²) in [5.41, 5.74) is 0.750. The third-order valence-corrected chi connectivity index (χ3v) is 3.66. The third kappa shape index (κ3) is 2.62. The van der Waals surface area contributed by atoms with E-state index in [2.05, 4.69) is 9.88 Å². The quantitative estimate of drug-likeness (QED) is 0.920. The predicted molar refractivity (Wildman–Crippen MR) is 73.4 cm³/mol. The first-order valence-corrected chi connectivity index (χ1v) is 6.88. The molecule has 1 N–H and O–H groups in total. The van der Waals surface area contributed by atoms with Crippen molar-refractivity contribution in [2.75, 3.05) is 31.2 Å². The number of pyridine rings is 1. The zero-order valence-electron chi connectivity index (χ0n) is 11.2. The molecule has 0 radical (unpaired) electrons. The first kappa shape index (κ1) is 13.3. The Morgan fingerprint density at radius 1 is 1.35 bits per heavy atom. The van der Waals surface area contributed by atoms with E-state index >= 15 is 0 Å². The van der Waals surface area contributed by atoms with Crippen LogP contribution in [0, 0.1) is 5.82 Å². The lowest BCUT2D eigenvalue weighted by Crippen LogP contribution is -2.38. The van der Waals surface area contributed by atoms with E-state index in [1.54, 1.807) is 16.7 Å². The minimum Gasteiger partial charge on any atom is -0.394 e. The second-order valence-corrected chi connectivity index (χ2v) is 4.97. The number of nitrogens with zero attached hydrogens (tertiary/aromatic N) is 3. The van der Waals surface area contributed by atoms with Gasteiger partial charge in [0.2, 0.25) is 0 Å². The number of aromatic nitrogens is 2. The van der Waals surface area contributed by atoms with Gasteiger partial charge in [-0.25, -0.2) is 9.37 Å². The summed E-state index contributed by atoms with van der Waals surface area (Å²) in [7, 11) is 0. The normalized spacial score (nSPS) is 17.0. The number of imidazole rings is 1. The SMILES string of the molecule is OCCOC1CCN(c2cnc3ccc(F)cn23)CC1. The van der Waals surface area contributed by atoms with Crippen LogP contribution in [-0.4, -0.2) is 46.9 Å². The Morgan fingerprint density at radius 2 is 2.15 bits per heavy atom. The Balaban J connectivity index is 1.72. The molecule has 1 saturated heterocycles. The molecule has 0 aliphatic carbocycles. The lowest BCUT2D eigenvalue weighted by atomic mass is 10.1. The highest BCUT2D eigenvalue weighted by molar-refractivity contribution is 5.51. The lowest BCUT2D eigenvalue weighted by molar-refractivity contribution is 0.0158. The van der Waals surface area contributed by atoms with E-state index in [0.717, 1.165) is 37.4 Å². The highest BCUT2D eigenvalue weighted by Gasteiger charge is 2.21. The van der Waals surface area contributed by atoms with Gasteiger partial charge in [-0.15, -0.1) is 0 Å². The number of piperidine rings is 1. The van der Waals surface area contributed by atoms with Crippen molar-refractivity contribution in [2.24, 2.45) is 0 Å². The first-order chi connectivity index (χ1) is 9.78. The maximum Gasteiger partial charge on any atom is 0.140 e. The number of rotatable bonds is 4. The van der Waals surface area contributed by atoms with Crippen LogP contribution in [0.4, 0.5) is 10.2 Å². The van der Waals surface area contributed by atoms with E-state index in [1.165, 1.54) is 12.3 Å². The minimum absolute atomic E-state index is 0.0623. The molecule has 3 heterocycles. The van der Waals surface area contributed by atoms with E-state index < -0.39 is 0 Å². The molecule has 0 atom stereocenters. The van der Waals surface area contributed by atoms with Crippen LogP contribution < -0.4 is 4.90 Å². The third-order valence-electron chi connectivity index (χ3n) is 3.66. The Morgan fingerprint density at radius 3 is 2.90 bits per heavy atom. The van der Waals surface area contributed by atoms with Gasteiger partial charge >= 0.3 is 0 Å². The smallest absolute Gasteiger partial charge is 0.140 e. The monoisotopic (exact) mass is 279 g/mol. The van der Waals surface area contributed by atoms with Gasteiger partial charge < -0.3 is 14.7 Å². The number of fused-ring (bicyclic) bond motifs is 1. The fraction of sp³-hybridized carbons (Fsp3) is 0.500. The molecule has 6 heteroatoms. The zero-order valence-corrected chi connectivity index (χ0v) is 11.2. The Labute approximate surface area is 116 Å². The summed E-state index contributed by atoms with van der Waals surface area (Å²) in [6.07, 6.45) is 5.26. The van der Waals surface area contributed by atoms with Crippen molar-refractivity contribution in [3.05, 3.63) is 30.3 Å². The minimum atomic E-state index is -0.266. The maximum atomic E-state index is 13.4. The van der Waals surface area contributed by atoms with Gasteiger partial charge in [0.1, 0.15) is 17.3 Å². The molecule has 0 aromatic carbocycles. The van der Waals surface area contributed by atoms with Crippen molar-refractivity contribution >= 4 is 11.5 Å². The van der Waals surface area contributed by atoms with E-state index in [1.807, 2.05) is 0 Å². The summed E-state index contributed by atoms with van der Waals surface area (Å²) >= 11 is 0. The van der Waals surface area contributed by atoms with Crippen molar-refractivity contribution in [1.82, 2.24) is 9.38 Å². The number of hydrogen-bond donors (Lipinski definition) is 1. The van der Waals surface area contributed by atoms with Crippen molar-refractivity contribution in [1.29, 1.82) is 0 Å². The van der Waals surface area contributed by atoms with E-state index in [0.29, 0.717) is 6.61 Å². The van der Waals surface area contributed by atoms with Crippen LogP contribution in [0.1, 0.15) is 12.8 Å². The van der Waals surface area contributed by atoms with Crippen LogP contribution in [0.25, 0.3) is 5.65 Å². The van der Waals surface area contributed by atoms with Gasteiger partial charge in [-0.2, -0.15) is 0 Å².